The second-order valence-corrected chi connectivity index (χ2v) is 8.11. The first kappa shape index (κ1) is 13.0. The fourth-order valence-electron chi connectivity index (χ4n) is 3.31. The van der Waals surface area contributed by atoms with Gasteiger partial charge in [-0.3, -0.25) is 0 Å². The van der Waals surface area contributed by atoms with Crippen LogP contribution in [0.1, 0.15) is 0 Å². The normalized spacial score (nSPS) is 26.9. The van der Waals surface area contributed by atoms with E-state index in [1.807, 2.05) is 47.4 Å². The Morgan fingerprint density at radius 3 is 2.71 bits per heavy atom. The second-order valence-electron chi connectivity index (χ2n) is 5.57. The van der Waals surface area contributed by atoms with Crippen LogP contribution in [0.2, 0.25) is 0 Å². The summed E-state index contributed by atoms with van der Waals surface area (Å²) < 4.78 is 23.8. The Balaban J connectivity index is 1.86. The Labute approximate surface area is 128 Å². The highest BCUT2D eigenvalue weighted by Gasteiger charge is 2.47. The average Bonchev–Trinajstić information content (AvgIpc) is 2.88. The molecule has 0 spiro atoms. The van der Waals surface area contributed by atoms with Gasteiger partial charge >= 0.3 is 0 Å². The molecule has 0 radical (unpaired) electrons. The van der Waals surface area contributed by atoms with Gasteiger partial charge in [0.15, 0.2) is 14.9 Å². The number of rotatable bonds is 1. The minimum absolute atomic E-state index is 0.0959. The van der Waals surface area contributed by atoms with Gasteiger partial charge in [0.2, 0.25) is 0 Å². The predicted molar refractivity (Wildman–Crippen MR) is 88.4 cm³/mol. The van der Waals surface area contributed by atoms with Crippen LogP contribution in [0, 0.1) is 0 Å². The van der Waals surface area contributed by atoms with E-state index in [9.17, 15) is 8.42 Å². The van der Waals surface area contributed by atoms with Crippen molar-refractivity contribution in [2.45, 2.75) is 12.1 Å². The zero-order chi connectivity index (χ0) is 14.6. The zero-order valence-electron chi connectivity index (χ0n) is 11.2. The Hall–Kier alpha value is -1.66. The molecule has 108 valence electrons. The Kier molecular flexibility index (Phi) is 2.74. The molecule has 0 aliphatic carbocycles. The number of sulfone groups is 1. The smallest absolute Gasteiger partial charge is 0.174 e. The zero-order valence-corrected chi connectivity index (χ0v) is 12.8. The van der Waals surface area contributed by atoms with Crippen LogP contribution in [0.15, 0.2) is 42.5 Å². The van der Waals surface area contributed by atoms with Crippen LogP contribution in [0.4, 0.5) is 5.69 Å². The number of fused-ring (bicyclic) bond motifs is 2. The summed E-state index contributed by atoms with van der Waals surface area (Å²) in [5.41, 5.74) is 0.982. The Morgan fingerprint density at radius 1 is 1.10 bits per heavy atom. The van der Waals surface area contributed by atoms with E-state index in [1.54, 1.807) is 0 Å². The molecule has 0 unspecified atom stereocenters. The van der Waals surface area contributed by atoms with Gasteiger partial charge < -0.3 is 10.2 Å². The lowest BCUT2D eigenvalue weighted by Gasteiger charge is -2.24. The minimum atomic E-state index is -2.99. The number of thiocarbonyl (C=S) groups is 1. The van der Waals surface area contributed by atoms with Crippen molar-refractivity contribution >= 4 is 43.6 Å². The van der Waals surface area contributed by atoms with Gasteiger partial charge in [0, 0.05) is 5.39 Å². The van der Waals surface area contributed by atoms with Crippen molar-refractivity contribution in [3.63, 3.8) is 0 Å². The maximum atomic E-state index is 11.9. The summed E-state index contributed by atoms with van der Waals surface area (Å²) in [6.45, 7) is 0. The molecule has 0 saturated carbocycles. The van der Waals surface area contributed by atoms with Gasteiger partial charge in [-0.05, 0) is 23.7 Å². The van der Waals surface area contributed by atoms with Crippen molar-refractivity contribution in [3.8, 4) is 0 Å². The first-order valence-corrected chi connectivity index (χ1v) is 9.06. The molecule has 2 aromatic carbocycles. The minimum Gasteiger partial charge on any atom is -0.356 e. The summed E-state index contributed by atoms with van der Waals surface area (Å²) >= 11 is 5.43. The number of benzene rings is 2. The number of nitrogens with one attached hydrogen (secondary N) is 1. The highest BCUT2D eigenvalue weighted by Crippen LogP contribution is 2.34. The van der Waals surface area contributed by atoms with Gasteiger partial charge in [-0.2, -0.15) is 0 Å². The van der Waals surface area contributed by atoms with Crippen molar-refractivity contribution in [2.24, 2.45) is 0 Å². The van der Waals surface area contributed by atoms with Crippen molar-refractivity contribution in [2.75, 3.05) is 16.4 Å². The third-order valence-corrected chi connectivity index (χ3v) is 6.24. The van der Waals surface area contributed by atoms with E-state index < -0.39 is 9.84 Å². The highest BCUT2D eigenvalue weighted by molar-refractivity contribution is 7.91. The summed E-state index contributed by atoms with van der Waals surface area (Å²) in [6, 6.07) is 13.9. The van der Waals surface area contributed by atoms with E-state index >= 15 is 0 Å². The molecule has 21 heavy (non-hydrogen) atoms. The van der Waals surface area contributed by atoms with Crippen molar-refractivity contribution in [1.29, 1.82) is 0 Å². The van der Waals surface area contributed by atoms with Crippen LogP contribution in [0.5, 0.6) is 0 Å². The third kappa shape index (κ3) is 2.01. The number of nitrogens with zero attached hydrogens (tertiary/aromatic N) is 1. The molecule has 2 aromatic rings. The molecule has 0 bridgehead atoms. The van der Waals surface area contributed by atoms with Gasteiger partial charge in [-0.15, -0.1) is 0 Å². The van der Waals surface area contributed by atoms with Crippen LogP contribution in [-0.4, -0.2) is 37.1 Å². The lowest BCUT2D eigenvalue weighted by Crippen LogP contribution is -2.36. The predicted octanol–water partition coefficient (Wildman–Crippen LogP) is 1.70. The van der Waals surface area contributed by atoms with Gasteiger partial charge in [0.25, 0.3) is 0 Å². The lowest BCUT2D eigenvalue weighted by molar-refractivity contribution is 0.600. The van der Waals surface area contributed by atoms with Crippen LogP contribution in [-0.2, 0) is 9.84 Å². The van der Waals surface area contributed by atoms with E-state index in [4.69, 9.17) is 12.2 Å². The van der Waals surface area contributed by atoms with Crippen LogP contribution in [0.25, 0.3) is 10.8 Å². The summed E-state index contributed by atoms with van der Waals surface area (Å²) in [6.07, 6.45) is 0. The van der Waals surface area contributed by atoms with Crippen molar-refractivity contribution in [3.05, 3.63) is 42.5 Å². The maximum absolute atomic E-state index is 11.9. The van der Waals surface area contributed by atoms with Gasteiger partial charge in [0.05, 0.1) is 29.3 Å². The summed E-state index contributed by atoms with van der Waals surface area (Å²) in [5.74, 6) is 0.326. The van der Waals surface area contributed by atoms with E-state index in [2.05, 4.69) is 5.32 Å². The van der Waals surface area contributed by atoms with Gasteiger partial charge in [0.1, 0.15) is 0 Å². The topological polar surface area (TPSA) is 49.4 Å². The molecule has 2 fully saturated rings. The Bertz CT molecular complexity index is 842. The molecule has 2 atom stereocenters. The standard InChI is InChI=1S/C15H14N2O2S2/c18-21(19)8-12-14(9-21)17(15(20)16-12)13-7-3-5-10-4-1-2-6-11(10)13/h1-7,12,14H,8-9H2,(H,16,20)/t12-,14-/m0/s1. The monoisotopic (exact) mass is 318 g/mol. The molecular formula is C15H14N2O2S2. The molecular weight excluding hydrogens is 304 g/mol. The highest BCUT2D eigenvalue weighted by atomic mass is 32.2. The van der Waals surface area contributed by atoms with E-state index in [-0.39, 0.29) is 23.6 Å². The van der Waals surface area contributed by atoms with E-state index in [0.29, 0.717) is 5.11 Å². The van der Waals surface area contributed by atoms with Crippen LogP contribution in [0.3, 0.4) is 0 Å². The van der Waals surface area contributed by atoms with Crippen LogP contribution >= 0.6 is 12.2 Å². The summed E-state index contributed by atoms with van der Waals surface area (Å²) in [4.78, 5) is 1.98. The largest absolute Gasteiger partial charge is 0.356 e. The molecule has 0 aromatic heterocycles. The fraction of sp³-hybridized carbons (Fsp3) is 0.267. The van der Waals surface area contributed by atoms with Gasteiger partial charge in [-0.25, -0.2) is 8.42 Å². The van der Waals surface area contributed by atoms with Crippen molar-refractivity contribution in [1.82, 2.24) is 5.32 Å². The fourth-order valence-corrected chi connectivity index (χ4v) is 5.58. The summed E-state index contributed by atoms with van der Waals surface area (Å²) in [5, 5.41) is 6.00. The SMILES string of the molecule is O=S1(=O)C[C@@H]2NC(=S)N(c3cccc4ccccc34)[C@H]2C1. The molecule has 2 heterocycles. The van der Waals surface area contributed by atoms with E-state index in [0.717, 1.165) is 16.5 Å². The number of hydrogen-bond donors (Lipinski definition) is 1. The third-order valence-electron chi connectivity index (χ3n) is 4.21. The lowest BCUT2D eigenvalue weighted by atomic mass is 10.1. The molecule has 6 heteroatoms. The molecule has 2 aliphatic rings. The molecule has 1 N–H and O–H groups in total. The Morgan fingerprint density at radius 2 is 1.86 bits per heavy atom. The molecule has 2 aliphatic heterocycles. The maximum Gasteiger partial charge on any atom is 0.174 e. The molecule has 0 amide bonds. The average molecular weight is 318 g/mol. The summed E-state index contributed by atoms with van der Waals surface area (Å²) in [7, 11) is -2.99. The number of anilines is 1. The van der Waals surface area contributed by atoms with Crippen molar-refractivity contribution < 1.29 is 8.42 Å². The first-order chi connectivity index (χ1) is 10.1. The van der Waals surface area contributed by atoms with Crippen LogP contribution < -0.4 is 10.2 Å². The van der Waals surface area contributed by atoms with Gasteiger partial charge in [-0.1, -0.05) is 36.4 Å². The quantitative estimate of drug-likeness (QED) is 0.811. The second kappa shape index (κ2) is 4.42. The number of hydrogen-bond acceptors (Lipinski definition) is 3. The van der Waals surface area contributed by atoms with E-state index in [1.165, 1.54) is 0 Å². The first-order valence-electron chi connectivity index (χ1n) is 6.83. The molecule has 2 saturated heterocycles. The molecule has 4 nitrogen and oxygen atoms in total. The molecule has 4 rings (SSSR count).